The molecule has 76 valence electrons. The van der Waals surface area contributed by atoms with Crippen LogP contribution in [0, 0.1) is 5.82 Å². The molecule has 0 spiro atoms. The van der Waals surface area contributed by atoms with Gasteiger partial charge in [-0.15, -0.1) is 0 Å². The Morgan fingerprint density at radius 2 is 1.80 bits per heavy atom. The maximum Gasteiger partial charge on any atom is 0.333 e. The van der Waals surface area contributed by atoms with E-state index >= 15 is 0 Å². The third-order valence-electron chi connectivity index (χ3n) is 1.93. The molecule has 0 saturated carbocycles. The van der Waals surface area contributed by atoms with E-state index < -0.39 is 17.1 Å². The number of para-hydroxylation sites is 1. The van der Waals surface area contributed by atoms with Gasteiger partial charge >= 0.3 is 5.69 Å². The van der Waals surface area contributed by atoms with E-state index in [1.807, 2.05) is 4.98 Å². The van der Waals surface area contributed by atoms with Crippen LogP contribution in [-0.4, -0.2) is 9.55 Å². The third-order valence-corrected chi connectivity index (χ3v) is 1.93. The molecule has 0 unspecified atom stereocenters. The van der Waals surface area contributed by atoms with Gasteiger partial charge in [0.15, 0.2) is 0 Å². The molecule has 0 aliphatic rings. The number of benzene rings is 1. The van der Waals surface area contributed by atoms with Gasteiger partial charge in [0.2, 0.25) is 5.82 Å². The molecule has 5 heteroatoms. The zero-order valence-electron chi connectivity index (χ0n) is 7.61. The molecule has 1 N–H and O–H groups in total. The Kier molecular flexibility index (Phi) is 2.21. The van der Waals surface area contributed by atoms with Gasteiger partial charge in [-0.2, -0.15) is 4.39 Å². The molecule has 1 aromatic heterocycles. The summed E-state index contributed by atoms with van der Waals surface area (Å²) in [6.45, 7) is 0. The van der Waals surface area contributed by atoms with E-state index in [0.29, 0.717) is 5.69 Å². The topological polar surface area (TPSA) is 54.9 Å². The lowest BCUT2D eigenvalue weighted by atomic mass is 10.3. The zero-order valence-corrected chi connectivity index (χ0v) is 7.61. The first-order valence-corrected chi connectivity index (χ1v) is 4.25. The molecule has 0 aliphatic heterocycles. The fraction of sp³-hybridized carbons (Fsp3) is 0. The van der Waals surface area contributed by atoms with Crippen molar-refractivity contribution in [1.82, 2.24) is 9.55 Å². The smallest absolute Gasteiger partial charge is 0.271 e. The largest absolute Gasteiger partial charge is 0.333 e. The number of nitrogens with one attached hydrogen (secondary N) is 1. The van der Waals surface area contributed by atoms with E-state index in [4.69, 9.17) is 0 Å². The highest BCUT2D eigenvalue weighted by Gasteiger charge is 2.04. The third kappa shape index (κ3) is 1.71. The standard InChI is InChI=1S/C10H7FN2O2/c11-8-6-13(10(15)12-9(8)14)7-4-2-1-3-5-7/h1-6H,(H,12,14,15). The second kappa shape index (κ2) is 3.53. The average molecular weight is 206 g/mol. The minimum Gasteiger partial charge on any atom is -0.271 e. The molecule has 0 bridgehead atoms. The van der Waals surface area contributed by atoms with Crippen molar-refractivity contribution in [1.29, 1.82) is 0 Å². The molecule has 1 heterocycles. The molecule has 1 aromatic carbocycles. The van der Waals surface area contributed by atoms with Gasteiger partial charge < -0.3 is 0 Å². The summed E-state index contributed by atoms with van der Waals surface area (Å²) in [6, 6.07) is 8.48. The predicted molar refractivity (Wildman–Crippen MR) is 52.6 cm³/mol. The van der Waals surface area contributed by atoms with Crippen LogP contribution in [0.4, 0.5) is 4.39 Å². The van der Waals surface area contributed by atoms with Crippen molar-refractivity contribution >= 4 is 0 Å². The summed E-state index contributed by atoms with van der Waals surface area (Å²) >= 11 is 0. The first-order chi connectivity index (χ1) is 7.18. The Hall–Kier alpha value is -2.17. The van der Waals surface area contributed by atoms with Crippen molar-refractivity contribution in [2.24, 2.45) is 0 Å². The van der Waals surface area contributed by atoms with Crippen molar-refractivity contribution in [3.05, 3.63) is 63.2 Å². The van der Waals surface area contributed by atoms with E-state index in [9.17, 15) is 14.0 Å². The number of halogens is 1. The van der Waals surface area contributed by atoms with Crippen molar-refractivity contribution in [2.45, 2.75) is 0 Å². The zero-order chi connectivity index (χ0) is 10.8. The molecule has 0 radical (unpaired) electrons. The summed E-state index contributed by atoms with van der Waals surface area (Å²) in [6.07, 6.45) is 0.872. The van der Waals surface area contributed by atoms with Gasteiger partial charge in [-0.05, 0) is 12.1 Å². The molecule has 2 aromatic rings. The van der Waals surface area contributed by atoms with Crippen molar-refractivity contribution in [3.63, 3.8) is 0 Å². The summed E-state index contributed by atoms with van der Waals surface area (Å²) in [5, 5.41) is 0. The molecule has 4 nitrogen and oxygen atoms in total. The van der Waals surface area contributed by atoms with Crippen LogP contribution in [0.2, 0.25) is 0 Å². The molecule has 15 heavy (non-hydrogen) atoms. The molecule has 2 rings (SSSR count). The van der Waals surface area contributed by atoms with Crippen molar-refractivity contribution in [3.8, 4) is 5.69 Å². The van der Waals surface area contributed by atoms with Gasteiger partial charge in [0.25, 0.3) is 5.56 Å². The summed E-state index contributed by atoms with van der Waals surface area (Å²) in [5.41, 5.74) is -1.17. The van der Waals surface area contributed by atoms with Gasteiger partial charge in [-0.3, -0.25) is 14.3 Å². The van der Waals surface area contributed by atoms with Gasteiger partial charge in [0.05, 0.1) is 11.9 Å². The number of aromatic nitrogens is 2. The van der Waals surface area contributed by atoms with E-state index in [0.717, 1.165) is 10.8 Å². The van der Waals surface area contributed by atoms with Crippen LogP contribution < -0.4 is 11.2 Å². The molecule has 0 saturated heterocycles. The van der Waals surface area contributed by atoms with Crippen molar-refractivity contribution < 1.29 is 4.39 Å². The number of H-pyrrole nitrogens is 1. The molecule has 0 fully saturated rings. The highest BCUT2D eigenvalue weighted by molar-refractivity contribution is 5.30. The molecule has 0 atom stereocenters. The summed E-state index contributed by atoms with van der Waals surface area (Å²) in [4.78, 5) is 24.0. The number of nitrogens with zero attached hydrogens (tertiary/aromatic N) is 1. The quantitative estimate of drug-likeness (QED) is 0.745. The Bertz CT molecular complexity index is 586. The lowest BCUT2D eigenvalue weighted by Gasteiger charge is -2.03. The second-order valence-electron chi connectivity index (χ2n) is 2.94. The highest BCUT2D eigenvalue weighted by atomic mass is 19.1. The van der Waals surface area contributed by atoms with Crippen LogP contribution in [0.1, 0.15) is 0 Å². The molecule has 0 amide bonds. The summed E-state index contributed by atoms with van der Waals surface area (Å²) < 4.78 is 14.0. The second-order valence-corrected chi connectivity index (χ2v) is 2.94. The fourth-order valence-corrected chi connectivity index (χ4v) is 1.23. The summed E-state index contributed by atoms with van der Waals surface area (Å²) in [7, 11) is 0. The lowest BCUT2D eigenvalue weighted by molar-refractivity contribution is 0.587. The first-order valence-electron chi connectivity index (χ1n) is 4.25. The van der Waals surface area contributed by atoms with E-state index in [2.05, 4.69) is 0 Å². The fourth-order valence-electron chi connectivity index (χ4n) is 1.23. The maximum atomic E-state index is 12.9. The number of hydrogen-bond acceptors (Lipinski definition) is 2. The maximum absolute atomic E-state index is 12.9. The van der Waals surface area contributed by atoms with E-state index in [1.54, 1.807) is 30.3 Å². The van der Waals surface area contributed by atoms with Gasteiger partial charge in [0.1, 0.15) is 0 Å². The molecule has 0 aliphatic carbocycles. The Balaban J connectivity index is 2.70. The van der Waals surface area contributed by atoms with Crippen LogP contribution in [0.25, 0.3) is 5.69 Å². The van der Waals surface area contributed by atoms with Crippen LogP contribution in [0.5, 0.6) is 0 Å². The SMILES string of the molecule is O=c1[nH]c(=O)n(-c2ccccc2)cc1F. The normalized spacial score (nSPS) is 10.2. The minimum atomic E-state index is -1.01. The average Bonchev–Trinajstić information content (AvgIpc) is 2.25. The number of hydrogen-bond donors (Lipinski definition) is 1. The van der Waals surface area contributed by atoms with E-state index in [-0.39, 0.29) is 0 Å². The Morgan fingerprint density at radius 3 is 2.47 bits per heavy atom. The monoisotopic (exact) mass is 206 g/mol. The van der Waals surface area contributed by atoms with Gasteiger partial charge in [0, 0.05) is 0 Å². The Morgan fingerprint density at radius 1 is 1.13 bits per heavy atom. The lowest BCUT2D eigenvalue weighted by Crippen LogP contribution is -2.30. The minimum absolute atomic E-state index is 0.498. The molecular formula is C10H7FN2O2. The van der Waals surface area contributed by atoms with Crippen molar-refractivity contribution in [2.75, 3.05) is 0 Å². The van der Waals surface area contributed by atoms with Crippen LogP contribution in [0.3, 0.4) is 0 Å². The van der Waals surface area contributed by atoms with Gasteiger partial charge in [-0.25, -0.2) is 4.79 Å². The molecular weight excluding hydrogens is 199 g/mol. The number of aromatic amines is 1. The van der Waals surface area contributed by atoms with Crippen LogP contribution in [0.15, 0.2) is 46.1 Å². The first kappa shape index (κ1) is 9.39. The highest BCUT2D eigenvalue weighted by Crippen LogP contribution is 2.02. The van der Waals surface area contributed by atoms with Gasteiger partial charge in [-0.1, -0.05) is 18.2 Å². The predicted octanol–water partition coefficient (Wildman–Crippen LogP) is 0.665. The van der Waals surface area contributed by atoms with E-state index in [1.165, 1.54) is 0 Å². The summed E-state index contributed by atoms with van der Waals surface area (Å²) in [5.74, 6) is -0.988. The van der Waals surface area contributed by atoms with Crippen LogP contribution in [-0.2, 0) is 0 Å². The Labute approximate surface area is 83.6 Å². The number of rotatable bonds is 1. The van der Waals surface area contributed by atoms with Crippen LogP contribution >= 0.6 is 0 Å².